The molecule has 0 radical (unpaired) electrons. The molecule has 4 nitrogen and oxygen atoms in total. The normalized spacial score (nSPS) is 20.4. The molecule has 1 aromatic rings. The highest BCUT2D eigenvalue weighted by Crippen LogP contribution is 2.19. The lowest BCUT2D eigenvalue weighted by molar-refractivity contribution is 0.129. The fraction of sp³-hybridized carbons (Fsp3) is 0.500. The van der Waals surface area contributed by atoms with Crippen molar-refractivity contribution >= 4 is 22.0 Å². The van der Waals surface area contributed by atoms with Crippen LogP contribution in [-0.2, 0) is 6.54 Å². The van der Waals surface area contributed by atoms with Gasteiger partial charge in [0.15, 0.2) is 0 Å². The molecule has 0 unspecified atom stereocenters. The van der Waals surface area contributed by atoms with Gasteiger partial charge >= 0.3 is 6.03 Å². The van der Waals surface area contributed by atoms with E-state index < -0.39 is 0 Å². The summed E-state index contributed by atoms with van der Waals surface area (Å²) in [6.45, 7) is 3.68. The van der Waals surface area contributed by atoms with Gasteiger partial charge in [0.1, 0.15) is 0 Å². The summed E-state index contributed by atoms with van der Waals surface area (Å²) in [7, 11) is 0. The van der Waals surface area contributed by atoms with Gasteiger partial charge in [0.2, 0.25) is 0 Å². The predicted octanol–water partition coefficient (Wildman–Crippen LogP) is 2.36. The van der Waals surface area contributed by atoms with Crippen LogP contribution < -0.4 is 5.32 Å². The largest absolute Gasteiger partial charge is 0.393 e. The fourth-order valence-electron chi connectivity index (χ4n) is 2.26. The van der Waals surface area contributed by atoms with Gasteiger partial charge in [0, 0.05) is 30.0 Å². The number of amides is 2. The number of hydrogen-bond donors (Lipinski definition) is 2. The summed E-state index contributed by atoms with van der Waals surface area (Å²) >= 11 is 3.38. The zero-order valence-corrected chi connectivity index (χ0v) is 12.6. The number of aliphatic hydroxyl groups excluding tert-OH is 1. The number of carbonyl (C=O) groups excluding carboxylic acids is 1. The average Bonchev–Trinajstić information content (AvgIpc) is 2.87. The van der Waals surface area contributed by atoms with E-state index in [1.807, 2.05) is 24.3 Å². The predicted molar refractivity (Wildman–Crippen MR) is 77.7 cm³/mol. The molecule has 19 heavy (non-hydrogen) atoms. The van der Waals surface area contributed by atoms with E-state index in [4.69, 9.17) is 0 Å². The van der Waals surface area contributed by atoms with E-state index in [9.17, 15) is 9.90 Å². The molecule has 2 rings (SSSR count). The molecule has 5 heteroatoms. The topological polar surface area (TPSA) is 52.6 Å². The molecule has 1 fully saturated rings. The van der Waals surface area contributed by atoms with Gasteiger partial charge in [-0.3, -0.25) is 0 Å². The van der Waals surface area contributed by atoms with Crippen LogP contribution in [0.4, 0.5) is 4.79 Å². The molecular weight excluding hydrogens is 308 g/mol. The van der Waals surface area contributed by atoms with Gasteiger partial charge in [-0.25, -0.2) is 4.79 Å². The maximum atomic E-state index is 12.0. The molecular formula is C14H19BrN2O2. The number of urea groups is 1. The van der Waals surface area contributed by atoms with Crippen LogP contribution in [-0.4, -0.2) is 35.2 Å². The van der Waals surface area contributed by atoms with Crippen LogP contribution in [0.15, 0.2) is 28.7 Å². The first-order valence-electron chi connectivity index (χ1n) is 6.51. The second-order valence-corrected chi connectivity index (χ2v) is 5.94. The number of rotatable bonds is 3. The SMILES string of the molecule is C[C@@H](O)[C@H]1CCN(C(=O)NCc2ccc(Br)cc2)C1. The van der Waals surface area contributed by atoms with Crippen molar-refractivity contribution in [2.75, 3.05) is 13.1 Å². The molecule has 0 bridgehead atoms. The molecule has 1 saturated heterocycles. The van der Waals surface area contributed by atoms with Crippen LogP contribution in [0.25, 0.3) is 0 Å². The lowest BCUT2D eigenvalue weighted by Crippen LogP contribution is -2.38. The second-order valence-electron chi connectivity index (χ2n) is 5.02. The molecule has 1 aliphatic heterocycles. The Kier molecular flexibility index (Phi) is 4.82. The van der Waals surface area contributed by atoms with Crippen molar-refractivity contribution in [3.8, 4) is 0 Å². The minimum Gasteiger partial charge on any atom is -0.393 e. The van der Waals surface area contributed by atoms with Crippen molar-refractivity contribution in [2.45, 2.75) is 26.0 Å². The second kappa shape index (κ2) is 6.39. The molecule has 1 aliphatic rings. The Bertz CT molecular complexity index is 434. The zero-order chi connectivity index (χ0) is 13.8. The number of carbonyl (C=O) groups is 1. The molecule has 0 aromatic heterocycles. The highest BCUT2D eigenvalue weighted by Gasteiger charge is 2.28. The van der Waals surface area contributed by atoms with Crippen molar-refractivity contribution in [3.05, 3.63) is 34.3 Å². The Balaban J connectivity index is 1.80. The van der Waals surface area contributed by atoms with Crippen LogP contribution in [0.5, 0.6) is 0 Å². The molecule has 0 spiro atoms. The lowest BCUT2D eigenvalue weighted by atomic mass is 10.0. The zero-order valence-electron chi connectivity index (χ0n) is 11.0. The molecule has 2 amide bonds. The summed E-state index contributed by atoms with van der Waals surface area (Å²) in [5.74, 6) is 0.207. The smallest absolute Gasteiger partial charge is 0.317 e. The lowest BCUT2D eigenvalue weighted by Gasteiger charge is -2.18. The Morgan fingerprint density at radius 2 is 2.21 bits per heavy atom. The Hall–Kier alpha value is -1.07. The van der Waals surface area contributed by atoms with Crippen LogP contribution in [0.1, 0.15) is 18.9 Å². The number of aliphatic hydroxyl groups is 1. The van der Waals surface area contributed by atoms with E-state index in [0.29, 0.717) is 13.1 Å². The first kappa shape index (κ1) is 14.3. The first-order valence-corrected chi connectivity index (χ1v) is 7.31. The van der Waals surface area contributed by atoms with Crippen LogP contribution in [0, 0.1) is 5.92 Å². The highest BCUT2D eigenvalue weighted by molar-refractivity contribution is 9.10. The van der Waals surface area contributed by atoms with Crippen LogP contribution in [0.2, 0.25) is 0 Å². The summed E-state index contributed by atoms with van der Waals surface area (Å²) in [5, 5.41) is 12.4. The number of likely N-dealkylation sites (tertiary alicyclic amines) is 1. The Morgan fingerprint density at radius 1 is 1.53 bits per heavy atom. The number of benzene rings is 1. The third-order valence-corrected chi connectivity index (χ3v) is 4.08. The van der Waals surface area contributed by atoms with Crippen molar-refractivity contribution in [3.63, 3.8) is 0 Å². The van der Waals surface area contributed by atoms with Gasteiger partial charge in [-0.1, -0.05) is 28.1 Å². The van der Waals surface area contributed by atoms with E-state index in [1.165, 1.54) is 0 Å². The van der Waals surface area contributed by atoms with Crippen LogP contribution in [0.3, 0.4) is 0 Å². The Morgan fingerprint density at radius 3 is 2.79 bits per heavy atom. The van der Waals surface area contributed by atoms with Crippen LogP contribution >= 0.6 is 15.9 Å². The number of hydrogen-bond acceptors (Lipinski definition) is 2. The van der Waals surface area contributed by atoms with E-state index in [2.05, 4.69) is 21.2 Å². The summed E-state index contributed by atoms with van der Waals surface area (Å²) in [5.41, 5.74) is 1.07. The van der Waals surface area contributed by atoms with Crippen molar-refractivity contribution < 1.29 is 9.90 Å². The molecule has 2 atom stereocenters. The molecule has 0 aliphatic carbocycles. The maximum Gasteiger partial charge on any atom is 0.317 e. The van der Waals surface area contributed by atoms with Crippen molar-refractivity contribution in [1.82, 2.24) is 10.2 Å². The monoisotopic (exact) mass is 326 g/mol. The Labute approximate surface area is 121 Å². The standard InChI is InChI=1S/C14H19BrN2O2/c1-10(18)12-6-7-17(9-12)14(19)16-8-11-2-4-13(15)5-3-11/h2-5,10,12,18H,6-9H2,1H3,(H,16,19)/t10-,12+/m1/s1. The van der Waals surface area contributed by atoms with Gasteiger partial charge in [0.25, 0.3) is 0 Å². The van der Waals surface area contributed by atoms with Gasteiger partial charge in [-0.05, 0) is 31.0 Å². The average molecular weight is 327 g/mol. The van der Waals surface area contributed by atoms with Gasteiger partial charge < -0.3 is 15.3 Å². The molecule has 0 saturated carbocycles. The van der Waals surface area contributed by atoms with Crippen molar-refractivity contribution in [1.29, 1.82) is 0 Å². The summed E-state index contributed by atoms with van der Waals surface area (Å²) in [6, 6.07) is 7.83. The summed E-state index contributed by atoms with van der Waals surface area (Å²) < 4.78 is 1.03. The van der Waals surface area contributed by atoms with E-state index in [-0.39, 0.29) is 18.1 Å². The van der Waals surface area contributed by atoms with Crippen molar-refractivity contribution in [2.24, 2.45) is 5.92 Å². The van der Waals surface area contributed by atoms with E-state index in [1.54, 1.807) is 11.8 Å². The van der Waals surface area contributed by atoms with E-state index in [0.717, 1.165) is 23.0 Å². The van der Waals surface area contributed by atoms with Gasteiger partial charge in [-0.15, -0.1) is 0 Å². The minimum atomic E-state index is -0.343. The van der Waals surface area contributed by atoms with Gasteiger partial charge in [0.05, 0.1) is 6.10 Å². The number of nitrogens with one attached hydrogen (secondary N) is 1. The molecule has 2 N–H and O–H groups in total. The molecule has 104 valence electrons. The van der Waals surface area contributed by atoms with Gasteiger partial charge in [-0.2, -0.15) is 0 Å². The number of nitrogens with zero attached hydrogens (tertiary/aromatic N) is 1. The first-order chi connectivity index (χ1) is 9.06. The highest BCUT2D eigenvalue weighted by atomic mass is 79.9. The minimum absolute atomic E-state index is 0.0499. The third-order valence-electron chi connectivity index (χ3n) is 3.55. The number of halogens is 1. The summed E-state index contributed by atoms with van der Waals surface area (Å²) in [4.78, 5) is 13.8. The maximum absolute atomic E-state index is 12.0. The molecule has 1 heterocycles. The summed E-state index contributed by atoms with van der Waals surface area (Å²) in [6.07, 6.45) is 0.535. The van der Waals surface area contributed by atoms with E-state index >= 15 is 0 Å². The fourth-order valence-corrected chi connectivity index (χ4v) is 2.52. The third kappa shape index (κ3) is 3.94. The quantitative estimate of drug-likeness (QED) is 0.895. The molecule has 1 aromatic carbocycles.